The molecule has 0 radical (unpaired) electrons. The highest BCUT2D eigenvalue weighted by molar-refractivity contribution is 5.96. The van der Waals surface area contributed by atoms with Gasteiger partial charge in [0.15, 0.2) is 6.61 Å². The van der Waals surface area contributed by atoms with Gasteiger partial charge in [-0.3, -0.25) is 9.59 Å². The smallest absolute Gasteiger partial charge is 0.271 e. The van der Waals surface area contributed by atoms with Crippen LogP contribution in [0.3, 0.4) is 0 Å². The van der Waals surface area contributed by atoms with E-state index in [0.717, 1.165) is 30.6 Å². The van der Waals surface area contributed by atoms with Gasteiger partial charge in [-0.2, -0.15) is 5.10 Å². The SMILES string of the molecule is Cc1ccccc1C(=O)N/N=C/c1ccc(OCC(=O)NC[C@H]2CCCO2)cc1. The fourth-order valence-electron chi connectivity index (χ4n) is 2.94. The van der Waals surface area contributed by atoms with Gasteiger partial charge in [-0.25, -0.2) is 5.43 Å². The van der Waals surface area contributed by atoms with Crippen LogP contribution in [-0.2, 0) is 9.53 Å². The van der Waals surface area contributed by atoms with E-state index in [1.807, 2.05) is 25.1 Å². The molecule has 1 fully saturated rings. The number of nitrogens with one attached hydrogen (secondary N) is 2. The first-order chi connectivity index (χ1) is 14.1. The van der Waals surface area contributed by atoms with E-state index in [1.165, 1.54) is 0 Å². The van der Waals surface area contributed by atoms with Crippen LogP contribution in [0.15, 0.2) is 53.6 Å². The predicted octanol–water partition coefficient (Wildman–Crippen LogP) is 2.43. The molecule has 152 valence electrons. The Bertz CT molecular complexity index is 859. The van der Waals surface area contributed by atoms with E-state index in [9.17, 15) is 9.59 Å². The number of hydrazone groups is 1. The molecule has 1 aliphatic heterocycles. The molecule has 2 amide bonds. The minimum absolute atomic E-state index is 0.0490. The zero-order valence-electron chi connectivity index (χ0n) is 16.4. The molecule has 1 heterocycles. The molecule has 2 aromatic carbocycles. The maximum absolute atomic E-state index is 12.1. The largest absolute Gasteiger partial charge is 0.484 e. The van der Waals surface area contributed by atoms with Crippen molar-refractivity contribution in [1.29, 1.82) is 0 Å². The summed E-state index contributed by atoms with van der Waals surface area (Å²) >= 11 is 0. The van der Waals surface area contributed by atoms with Crippen LogP contribution in [0.25, 0.3) is 0 Å². The van der Waals surface area contributed by atoms with Crippen molar-refractivity contribution in [2.24, 2.45) is 5.10 Å². The normalized spacial score (nSPS) is 16.0. The molecule has 0 bridgehead atoms. The number of hydrogen-bond donors (Lipinski definition) is 2. The highest BCUT2D eigenvalue weighted by Gasteiger charge is 2.16. The molecule has 1 saturated heterocycles. The fraction of sp³-hybridized carbons (Fsp3) is 0.318. The molecule has 0 aromatic heterocycles. The van der Waals surface area contributed by atoms with Crippen LogP contribution in [0.4, 0.5) is 0 Å². The highest BCUT2D eigenvalue weighted by Crippen LogP contribution is 2.12. The summed E-state index contributed by atoms with van der Waals surface area (Å²) in [7, 11) is 0. The summed E-state index contributed by atoms with van der Waals surface area (Å²) in [4.78, 5) is 23.9. The van der Waals surface area contributed by atoms with Crippen molar-refractivity contribution in [2.45, 2.75) is 25.9 Å². The minimum Gasteiger partial charge on any atom is -0.484 e. The van der Waals surface area contributed by atoms with Crippen molar-refractivity contribution in [3.05, 3.63) is 65.2 Å². The van der Waals surface area contributed by atoms with Gasteiger partial charge in [0.2, 0.25) is 0 Å². The monoisotopic (exact) mass is 395 g/mol. The van der Waals surface area contributed by atoms with E-state index >= 15 is 0 Å². The molecule has 0 aliphatic carbocycles. The molecule has 0 unspecified atom stereocenters. The van der Waals surface area contributed by atoms with Crippen molar-refractivity contribution in [1.82, 2.24) is 10.7 Å². The molecule has 7 heteroatoms. The van der Waals surface area contributed by atoms with E-state index in [4.69, 9.17) is 9.47 Å². The Morgan fingerprint density at radius 3 is 2.72 bits per heavy atom. The first-order valence-electron chi connectivity index (χ1n) is 9.62. The molecule has 7 nitrogen and oxygen atoms in total. The Morgan fingerprint density at radius 2 is 2.00 bits per heavy atom. The third-order valence-corrected chi connectivity index (χ3v) is 4.57. The Morgan fingerprint density at radius 1 is 1.21 bits per heavy atom. The van der Waals surface area contributed by atoms with Crippen molar-refractivity contribution < 1.29 is 19.1 Å². The summed E-state index contributed by atoms with van der Waals surface area (Å²) in [6, 6.07) is 14.4. The molecule has 1 aliphatic rings. The van der Waals surface area contributed by atoms with Gasteiger partial charge in [0.1, 0.15) is 5.75 Å². The molecular formula is C22H25N3O4. The second kappa shape index (κ2) is 10.4. The number of carbonyl (C=O) groups excluding carboxylic acids is 2. The van der Waals surface area contributed by atoms with E-state index in [-0.39, 0.29) is 24.5 Å². The van der Waals surface area contributed by atoms with Gasteiger partial charge in [-0.15, -0.1) is 0 Å². The molecule has 29 heavy (non-hydrogen) atoms. The topological polar surface area (TPSA) is 89.0 Å². The highest BCUT2D eigenvalue weighted by atomic mass is 16.5. The lowest BCUT2D eigenvalue weighted by Gasteiger charge is -2.11. The van der Waals surface area contributed by atoms with Gasteiger partial charge in [-0.1, -0.05) is 18.2 Å². The average molecular weight is 395 g/mol. The number of hydrogen-bond acceptors (Lipinski definition) is 5. The number of ether oxygens (including phenoxy) is 2. The van der Waals surface area contributed by atoms with Gasteiger partial charge >= 0.3 is 0 Å². The quantitative estimate of drug-likeness (QED) is 0.531. The first-order valence-corrected chi connectivity index (χ1v) is 9.62. The Hall–Kier alpha value is -3.19. The van der Waals surface area contributed by atoms with Gasteiger partial charge in [-0.05, 0) is 61.2 Å². The molecule has 0 saturated carbocycles. The number of nitrogens with zero attached hydrogens (tertiary/aromatic N) is 1. The third kappa shape index (κ3) is 6.43. The predicted molar refractivity (Wildman–Crippen MR) is 110 cm³/mol. The minimum atomic E-state index is -0.256. The summed E-state index contributed by atoms with van der Waals surface area (Å²) in [5, 5.41) is 6.80. The Labute approximate surface area is 170 Å². The van der Waals surface area contributed by atoms with E-state index in [2.05, 4.69) is 15.8 Å². The lowest BCUT2D eigenvalue weighted by molar-refractivity contribution is -0.123. The average Bonchev–Trinajstić information content (AvgIpc) is 3.25. The van der Waals surface area contributed by atoms with Crippen LogP contribution < -0.4 is 15.5 Å². The lowest BCUT2D eigenvalue weighted by atomic mass is 10.1. The van der Waals surface area contributed by atoms with Gasteiger partial charge in [0, 0.05) is 18.7 Å². The number of benzene rings is 2. The van der Waals surface area contributed by atoms with Crippen LogP contribution in [0.2, 0.25) is 0 Å². The molecular weight excluding hydrogens is 370 g/mol. The Kier molecular flexibility index (Phi) is 7.35. The van der Waals surface area contributed by atoms with Crippen molar-refractivity contribution in [3.63, 3.8) is 0 Å². The molecule has 2 aromatic rings. The molecule has 0 spiro atoms. The third-order valence-electron chi connectivity index (χ3n) is 4.57. The van der Waals surface area contributed by atoms with Crippen molar-refractivity contribution in [3.8, 4) is 5.75 Å². The second-order valence-corrected chi connectivity index (χ2v) is 6.81. The van der Waals surface area contributed by atoms with E-state index in [1.54, 1.807) is 36.5 Å². The van der Waals surface area contributed by atoms with Gasteiger partial charge in [0.25, 0.3) is 11.8 Å². The number of amides is 2. The van der Waals surface area contributed by atoms with Crippen LogP contribution in [-0.4, -0.2) is 43.9 Å². The van der Waals surface area contributed by atoms with Crippen LogP contribution in [0.1, 0.15) is 34.3 Å². The summed E-state index contributed by atoms with van der Waals surface area (Å²) in [6.45, 7) is 3.11. The molecule has 3 rings (SSSR count). The van der Waals surface area contributed by atoms with Gasteiger partial charge < -0.3 is 14.8 Å². The maximum Gasteiger partial charge on any atom is 0.271 e. The number of carbonyl (C=O) groups is 2. The maximum atomic E-state index is 12.1. The summed E-state index contributed by atoms with van der Waals surface area (Å²) < 4.78 is 10.9. The zero-order chi connectivity index (χ0) is 20.5. The Balaban J connectivity index is 1.41. The zero-order valence-corrected chi connectivity index (χ0v) is 16.4. The molecule has 1 atom stereocenters. The number of aryl methyl sites for hydroxylation is 1. The van der Waals surface area contributed by atoms with E-state index in [0.29, 0.717) is 17.9 Å². The van der Waals surface area contributed by atoms with E-state index < -0.39 is 0 Å². The first kappa shape index (κ1) is 20.5. The van der Waals surface area contributed by atoms with Crippen molar-refractivity contribution >= 4 is 18.0 Å². The molecule has 2 N–H and O–H groups in total. The van der Waals surface area contributed by atoms with Crippen LogP contribution >= 0.6 is 0 Å². The van der Waals surface area contributed by atoms with Crippen LogP contribution in [0, 0.1) is 6.92 Å². The van der Waals surface area contributed by atoms with Crippen molar-refractivity contribution in [2.75, 3.05) is 19.8 Å². The summed E-state index contributed by atoms with van der Waals surface area (Å²) in [5.74, 6) is 0.150. The van der Waals surface area contributed by atoms with Crippen LogP contribution in [0.5, 0.6) is 5.75 Å². The summed E-state index contributed by atoms with van der Waals surface area (Å²) in [6.07, 6.45) is 3.69. The second-order valence-electron chi connectivity index (χ2n) is 6.81. The number of rotatable bonds is 8. The summed E-state index contributed by atoms with van der Waals surface area (Å²) in [5.41, 5.74) is 4.79. The standard InChI is InChI=1S/C22H25N3O4/c1-16-5-2-3-7-20(16)22(27)25-24-13-17-8-10-18(11-9-17)29-15-21(26)23-14-19-6-4-12-28-19/h2-3,5,7-11,13,19H,4,6,12,14-15H2,1H3,(H,23,26)(H,25,27)/b24-13+/t19-/m1/s1. The van der Waals surface area contributed by atoms with Gasteiger partial charge in [0.05, 0.1) is 12.3 Å². The lowest BCUT2D eigenvalue weighted by Crippen LogP contribution is -2.35. The fourth-order valence-corrected chi connectivity index (χ4v) is 2.94.